The molecular formula is C18H22N2O5S2. The predicted octanol–water partition coefficient (Wildman–Crippen LogP) is 2.88. The summed E-state index contributed by atoms with van der Waals surface area (Å²) in [5, 5.41) is 4.46. The Morgan fingerprint density at radius 3 is 2.59 bits per heavy atom. The number of methoxy groups -OCH3 is 1. The van der Waals surface area contributed by atoms with Crippen molar-refractivity contribution in [2.24, 2.45) is 0 Å². The van der Waals surface area contributed by atoms with Gasteiger partial charge in [0.2, 0.25) is 5.91 Å². The summed E-state index contributed by atoms with van der Waals surface area (Å²) in [6.45, 7) is 1.96. The lowest BCUT2D eigenvalue weighted by Gasteiger charge is -2.16. The van der Waals surface area contributed by atoms with Gasteiger partial charge in [-0.2, -0.15) is 0 Å². The summed E-state index contributed by atoms with van der Waals surface area (Å²) >= 11 is 1.16. The Morgan fingerprint density at radius 1 is 1.22 bits per heavy atom. The highest BCUT2D eigenvalue weighted by molar-refractivity contribution is 7.91. The van der Waals surface area contributed by atoms with E-state index in [0.717, 1.165) is 11.3 Å². The van der Waals surface area contributed by atoms with Crippen LogP contribution in [-0.4, -0.2) is 45.3 Å². The van der Waals surface area contributed by atoms with E-state index in [-0.39, 0.29) is 23.1 Å². The van der Waals surface area contributed by atoms with Crippen molar-refractivity contribution in [3.63, 3.8) is 0 Å². The van der Waals surface area contributed by atoms with E-state index in [0.29, 0.717) is 23.2 Å². The molecule has 0 aliphatic rings. The second-order valence-corrected chi connectivity index (χ2v) is 9.10. The highest BCUT2D eigenvalue weighted by Gasteiger charge is 2.21. The fraction of sp³-hybridized carbons (Fsp3) is 0.333. The maximum absolute atomic E-state index is 12.3. The third-order valence-electron chi connectivity index (χ3n) is 4.05. The van der Waals surface area contributed by atoms with Gasteiger partial charge in [0.1, 0.15) is 4.21 Å². The molecule has 2 rings (SSSR count). The fourth-order valence-electron chi connectivity index (χ4n) is 2.46. The molecule has 1 heterocycles. The van der Waals surface area contributed by atoms with Gasteiger partial charge in [-0.1, -0.05) is 12.1 Å². The molecule has 7 nitrogen and oxygen atoms in total. The smallest absolute Gasteiger partial charge is 0.338 e. The zero-order valence-electron chi connectivity index (χ0n) is 15.4. The van der Waals surface area contributed by atoms with Gasteiger partial charge in [0, 0.05) is 25.7 Å². The van der Waals surface area contributed by atoms with Crippen LogP contribution >= 0.6 is 11.3 Å². The minimum Gasteiger partial charge on any atom is -0.465 e. The first-order valence-electron chi connectivity index (χ1n) is 8.25. The molecule has 0 bridgehead atoms. The zero-order chi connectivity index (χ0) is 20.0. The predicted molar refractivity (Wildman–Crippen MR) is 105 cm³/mol. The van der Waals surface area contributed by atoms with Crippen LogP contribution in [0, 0.1) is 6.92 Å². The number of thiophene rings is 1. The molecule has 146 valence electrons. The number of hydrogen-bond acceptors (Lipinski definition) is 6. The van der Waals surface area contributed by atoms with Gasteiger partial charge in [0.05, 0.1) is 12.7 Å². The first-order valence-corrected chi connectivity index (χ1v) is 10.6. The van der Waals surface area contributed by atoms with Crippen LogP contribution in [0.4, 0.5) is 5.69 Å². The van der Waals surface area contributed by atoms with Crippen LogP contribution in [0.25, 0.3) is 0 Å². The second-order valence-electron chi connectivity index (χ2n) is 5.88. The largest absolute Gasteiger partial charge is 0.465 e. The minimum atomic E-state index is -3.51. The van der Waals surface area contributed by atoms with Crippen molar-refractivity contribution in [1.29, 1.82) is 0 Å². The Kier molecular flexibility index (Phi) is 7.11. The van der Waals surface area contributed by atoms with Crippen molar-refractivity contribution < 1.29 is 22.7 Å². The number of carbonyl (C=O) groups excluding carboxylic acids is 2. The molecule has 2 aromatic rings. The molecular weight excluding hydrogens is 388 g/mol. The van der Waals surface area contributed by atoms with Crippen LogP contribution in [0.1, 0.15) is 28.8 Å². The Balaban J connectivity index is 1.91. The van der Waals surface area contributed by atoms with Gasteiger partial charge in [0.25, 0.3) is 10.0 Å². The van der Waals surface area contributed by atoms with Crippen LogP contribution < -0.4 is 5.32 Å². The maximum atomic E-state index is 12.3. The van der Waals surface area contributed by atoms with E-state index >= 15 is 0 Å². The second kappa shape index (κ2) is 9.12. The molecule has 0 unspecified atom stereocenters. The molecule has 0 radical (unpaired) electrons. The molecule has 27 heavy (non-hydrogen) atoms. The summed E-state index contributed by atoms with van der Waals surface area (Å²) in [6.07, 6.45) is 0.537. The van der Waals surface area contributed by atoms with Crippen LogP contribution in [0.15, 0.2) is 39.9 Å². The molecule has 1 amide bonds. The Hall–Kier alpha value is -2.23. The number of sulfonamides is 1. The van der Waals surface area contributed by atoms with Crippen molar-refractivity contribution in [2.45, 2.75) is 24.0 Å². The number of amides is 1. The lowest BCUT2D eigenvalue weighted by atomic mass is 10.1. The van der Waals surface area contributed by atoms with E-state index in [9.17, 15) is 18.0 Å². The summed E-state index contributed by atoms with van der Waals surface area (Å²) in [6, 6.07) is 8.23. The van der Waals surface area contributed by atoms with Crippen LogP contribution in [-0.2, 0) is 19.6 Å². The van der Waals surface area contributed by atoms with Crippen LogP contribution in [0.2, 0.25) is 0 Å². The van der Waals surface area contributed by atoms with Crippen LogP contribution in [0.3, 0.4) is 0 Å². The van der Waals surface area contributed by atoms with E-state index in [1.54, 1.807) is 42.6 Å². The number of rotatable bonds is 8. The van der Waals surface area contributed by atoms with Crippen molar-refractivity contribution in [3.8, 4) is 0 Å². The summed E-state index contributed by atoms with van der Waals surface area (Å²) in [5.41, 5.74) is 1.54. The normalized spacial score (nSPS) is 11.4. The first-order chi connectivity index (χ1) is 12.8. The molecule has 9 heteroatoms. The molecule has 1 aromatic heterocycles. The average Bonchev–Trinajstić information content (AvgIpc) is 3.18. The molecule has 0 saturated heterocycles. The van der Waals surface area contributed by atoms with Gasteiger partial charge in [-0.25, -0.2) is 17.5 Å². The minimum absolute atomic E-state index is 0.159. The molecule has 0 atom stereocenters. The lowest BCUT2D eigenvalue weighted by molar-refractivity contribution is -0.116. The highest BCUT2D eigenvalue weighted by atomic mass is 32.2. The molecule has 0 aliphatic heterocycles. The standard InChI is InChI=1S/C18H22N2O5S2/c1-13-14(18(22)25-3)7-4-8-15(13)19-16(21)9-5-11-20(2)27(23,24)17-10-6-12-26-17/h4,6-8,10,12H,5,9,11H2,1-3H3,(H,19,21). The third kappa shape index (κ3) is 5.15. The maximum Gasteiger partial charge on any atom is 0.338 e. The van der Waals surface area contributed by atoms with Gasteiger partial charge < -0.3 is 10.1 Å². The molecule has 0 aliphatic carbocycles. The SMILES string of the molecule is COC(=O)c1cccc(NC(=O)CCCN(C)S(=O)(=O)c2cccs2)c1C. The quantitative estimate of drug-likeness (QED) is 0.676. The van der Waals surface area contributed by atoms with Crippen molar-refractivity contribution in [1.82, 2.24) is 4.31 Å². The summed E-state index contributed by atoms with van der Waals surface area (Å²) in [7, 11) is -0.712. The monoisotopic (exact) mass is 410 g/mol. The number of hydrogen-bond donors (Lipinski definition) is 1. The van der Waals surface area contributed by atoms with E-state index in [1.807, 2.05) is 0 Å². The lowest BCUT2D eigenvalue weighted by Crippen LogP contribution is -2.28. The molecule has 1 N–H and O–H groups in total. The number of carbonyl (C=O) groups is 2. The number of benzene rings is 1. The van der Waals surface area contributed by atoms with Crippen molar-refractivity contribution in [3.05, 3.63) is 46.8 Å². The van der Waals surface area contributed by atoms with Gasteiger partial charge in [-0.05, 0) is 42.5 Å². The Bertz CT molecular complexity index is 908. The summed E-state index contributed by atoms with van der Waals surface area (Å²) < 4.78 is 30.9. The van der Waals surface area contributed by atoms with Gasteiger partial charge in [-0.3, -0.25) is 4.79 Å². The molecule has 0 spiro atoms. The molecule has 1 aromatic carbocycles. The zero-order valence-corrected chi connectivity index (χ0v) is 17.0. The van der Waals surface area contributed by atoms with Gasteiger partial charge >= 0.3 is 5.97 Å². The first kappa shape index (κ1) is 21.1. The van der Waals surface area contributed by atoms with E-state index in [4.69, 9.17) is 4.74 Å². The highest BCUT2D eigenvalue weighted by Crippen LogP contribution is 2.21. The fourth-order valence-corrected chi connectivity index (χ4v) is 4.87. The number of nitrogens with zero attached hydrogens (tertiary/aromatic N) is 1. The third-order valence-corrected chi connectivity index (χ3v) is 7.28. The van der Waals surface area contributed by atoms with E-state index in [1.165, 1.54) is 18.5 Å². The van der Waals surface area contributed by atoms with E-state index in [2.05, 4.69) is 5.32 Å². The number of ether oxygens (including phenoxy) is 1. The number of esters is 1. The Labute approximate surface area is 163 Å². The summed E-state index contributed by atoms with van der Waals surface area (Å²) in [4.78, 5) is 23.9. The van der Waals surface area contributed by atoms with Gasteiger partial charge in [-0.15, -0.1) is 11.3 Å². The average molecular weight is 411 g/mol. The number of anilines is 1. The Morgan fingerprint density at radius 2 is 1.96 bits per heavy atom. The number of nitrogens with one attached hydrogen (secondary N) is 1. The van der Waals surface area contributed by atoms with Crippen molar-refractivity contribution in [2.75, 3.05) is 26.0 Å². The topological polar surface area (TPSA) is 92.8 Å². The summed E-state index contributed by atoms with van der Waals surface area (Å²) in [5.74, 6) is -0.717. The van der Waals surface area contributed by atoms with Gasteiger partial charge in [0.15, 0.2) is 0 Å². The molecule has 0 fully saturated rings. The van der Waals surface area contributed by atoms with E-state index < -0.39 is 16.0 Å². The van der Waals surface area contributed by atoms with Crippen LogP contribution in [0.5, 0.6) is 0 Å². The molecule has 0 saturated carbocycles. The van der Waals surface area contributed by atoms with Crippen molar-refractivity contribution >= 4 is 38.9 Å².